The first-order valence-electron chi connectivity index (χ1n) is 7.26. The summed E-state index contributed by atoms with van der Waals surface area (Å²) in [5.74, 6) is -0.906. The molecule has 0 bridgehead atoms. The average Bonchev–Trinajstić information content (AvgIpc) is 3.01. The standard InChI is InChI=1S/C14H15N5O7/c1-17-12(11(6-15-17)19(25)26)14(22)16-10(7-20)13(21)8-2-4-9(5-3-8)18(23)24/h2-6,10,13,20-21H,7H2,1H3,(H,16,22). The normalized spacial score (nSPS) is 13.0. The van der Waals surface area contributed by atoms with Crippen molar-refractivity contribution >= 4 is 17.3 Å². The first kappa shape index (κ1) is 19.0. The van der Waals surface area contributed by atoms with Crippen molar-refractivity contribution in [3.63, 3.8) is 0 Å². The largest absolute Gasteiger partial charge is 0.394 e. The van der Waals surface area contributed by atoms with Gasteiger partial charge in [-0.2, -0.15) is 5.10 Å². The number of carbonyl (C=O) groups excluding carboxylic acids is 1. The van der Waals surface area contributed by atoms with Gasteiger partial charge in [0.2, 0.25) is 5.69 Å². The van der Waals surface area contributed by atoms with Gasteiger partial charge in [-0.3, -0.25) is 29.7 Å². The minimum absolute atomic E-state index is 0.184. The maximum atomic E-state index is 12.3. The average molecular weight is 365 g/mol. The second kappa shape index (κ2) is 7.67. The van der Waals surface area contributed by atoms with Crippen LogP contribution in [0.15, 0.2) is 30.5 Å². The molecule has 2 unspecified atom stereocenters. The first-order valence-corrected chi connectivity index (χ1v) is 7.26. The molecule has 0 saturated carbocycles. The highest BCUT2D eigenvalue weighted by Gasteiger charge is 2.29. The number of nitro benzene ring substituents is 1. The maximum Gasteiger partial charge on any atom is 0.320 e. The number of amides is 1. The Morgan fingerprint density at radius 2 is 1.88 bits per heavy atom. The molecule has 0 aliphatic carbocycles. The molecule has 1 amide bonds. The number of aromatic nitrogens is 2. The number of aliphatic hydroxyl groups excluding tert-OH is 2. The van der Waals surface area contributed by atoms with E-state index in [2.05, 4.69) is 10.4 Å². The van der Waals surface area contributed by atoms with Crippen LogP contribution in [0.25, 0.3) is 0 Å². The predicted molar refractivity (Wildman–Crippen MR) is 86.3 cm³/mol. The van der Waals surface area contributed by atoms with Gasteiger partial charge in [0.15, 0.2) is 0 Å². The van der Waals surface area contributed by atoms with Gasteiger partial charge in [0, 0.05) is 19.2 Å². The van der Waals surface area contributed by atoms with E-state index in [1.165, 1.54) is 31.3 Å². The van der Waals surface area contributed by atoms with Gasteiger partial charge in [0.25, 0.3) is 11.6 Å². The third-order valence-corrected chi connectivity index (χ3v) is 3.67. The zero-order chi connectivity index (χ0) is 19.4. The lowest BCUT2D eigenvalue weighted by atomic mass is 10.0. The summed E-state index contributed by atoms with van der Waals surface area (Å²) in [6, 6.07) is 3.70. The van der Waals surface area contributed by atoms with Crippen molar-refractivity contribution in [1.82, 2.24) is 15.1 Å². The SMILES string of the molecule is Cn1ncc([N+](=O)[O-])c1C(=O)NC(CO)C(O)c1ccc([N+](=O)[O-])cc1. The van der Waals surface area contributed by atoms with Gasteiger partial charge in [0.1, 0.15) is 12.3 Å². The van der Waals surface area contributed by atoms with Gasteiger partial charge in [-0.05, 0) is 17.7 Å². The lowest BCUT2D eigenvalue weighted by Crippen LogP contribution is -2.42. The highest BCUT2D eigenvalue weighted by atomic mass is 16.6. The summed E-state index contributed by atoms with van der Waals surface area (Å²) in [4.78, 5) is 32.5. The molecular weight excluding hydrogens is 350 g/mol. The highest BCUT2D eigenvalue weighted by molar-refractivity contribution is 5.96. The molecule has 3 N–H and O–H groups in total. The molecule has 0 fully saturated rings. The van der Waals surface area contributed by atoms with Crippen molar-refractivity contribution in [3.05, 3.63) is 61.9 Å². The summed E-state index contributed by atoms with van der Waals surface area (Å²) in [5, 5.41) is 47.3. The summed E-state index contributed by atoms with van der Waals surface area (Å²) >= 11 is 0. The quantitative estimate of drug-likeness (QED) is 0.456. The molecule has 12 nitrogen and oxygen atoms in total. The fourth-order valence-corrected chi connectivity index (χ4v) is 2.31. The van der Waals surface area contributed by atoms with E-state index in [0.717, 1.165) is 10.9 Å². The molecule has 26 heavy (non-hydrogen) atoms. The number of aryl methyl sites for hydroxylation is 1. The molecule has 1 heterocycles. The van der Waals surface area contributed by atoms with Crippen LogP contribution in [0, 0.1) is 20.2 Å². The van der Waals surface area contributed by atoms with E-state index in [0.29, 0.717) is 0 Å². The number of hydrogen-bond acceptors (Lipinski definition) is 8. The smallest absolute Gasteiger partial charge is 0.320 e. The Bertz CT molecular complexity index is 833. The van der Waals surface area contributed by atoms with E-state index in [1.54, 1.807) is 0 Å². The molecule has 1 aromatic heterocycles. The first-order chi connectivity index (χ1) is 12.3. The summed E-state index contributed by atoms with van der Waals surface area (Å²) in [6.07, 6.45) is -0.479. The van der Waals surface area contributed by atoms with Crippen LogP contribution >= 0.6 is 0 Å². The second-order valence-corrected chi connectivity index (χ2v) is 5.32. The van der Waals surface area contributed by atoms with Crippen molar-refractivity contribution in [1.29, 1.82) is 0 Å². The number of hydrogen-bond donors (Lipinski definition) is 3. The van der Waals surface area contributed by atoms with Crippen molar-refractivity contribution in [3.8, 4) is 0 Å². The van der Waals surface area contributed by atoms with E-state index >= 15 is 0 Å². The van der Waals surface area contributed by atoms with E-state index in [-0.39, 0.29) is 16.9 Å². The lowest BCUT2D eigenvalue weighted by molar-refractivity contribution is -0.385. The minimum Gasteiger partial charge on any atom is -0.394 e. The summed E-state index contributed by atoms with van der Waals surface area (Å²) in [5.41, 5.74) is -0.832. The second-order valence-electron chi connectivity index (χ2n) is 5.32. The molecule has 1 aromatic carbocycles. The van der Waals surface area contributed by atoms with Crippen LogP contribution in [-0.4, -0.2) is 48.4 Å². The fourth-order valence-electron chi connectivity index (χ4n) is 2.31. The molecule has 0 aliphatic rings. The summed E-state index contributed by atoms with van der Waals surface area (Å²) in [6.45, 7) is -0.671. The Hall–Kier alpha value is -3.38. The number of rotatable bonds is 7. The van der Waals surface area contributed by atoms with Crippen molar-refractivity contribution in [2.75, 3.05) is 6.61 Å². The Morgan fingerprint density at radius 1 is 1.27 bits per heavy atom. The Balaban J connectivity index is 2.20. The van der Waals surface area contributed by atoms with Gasteiger partial charge in [-0.1, -0.05) is 0 Å². The molecule has 0 radical (unpaired) electrons. The van der Waals surface area contributed by atoms with Crippen molar-refractivity contribution < 1.29 is 24.9 Å². The number of non-ortho nitro benzene ring substituents is 1. The van der Waals surface area contributed by atoms with E-state index in [1.807, 2.05) is 0 Å². The third kappa shape index (κ3) is 3.81. The monoisotopic (exact) mass is 365 g/mol. The molecule has 2 aromatic rings. The van der Waals surface area contributed by atoms with Gasteiger partial charge < -0.3 is 15.5 Å². The van der Waals surface area contributed by atoms with Crippen LogP contribution in [0.5, 0.6) is 0 Å². The molecule has 2 rings (SSSR count). The van der Waals surface area contributed by atoms with Crippen LogP contribution in [0.2, 0.25) is 0 Å². The van der Waals surface area contributed by atoms with E-state index in [4.69, 9.17) is 0 Å². The number of nitrogens with one attached hydrogen (secondary N) is 1. The minimum atomic E-state index is -1.39. The Morgan fingerprint density at radius 3 is 2.38 bits per heavy atom. The third-order valence-electron chi connectivity index (χ3n) is 3.67. The lowest BCUT2D eigenvalue weighted by Gasteiger charge is -2.22. The van der Waals surface area contributed by atoms with Crippen LogP contribution in [-0.2, 0) is 7.05 Å². The number of nitrogens with zero attached hydrogens (tertiary/aromatic N) is 4. The molecule has 12 heteroatoms. The van der Waals surface area contributed by atoms with Crippen molar-refractivity contribution in [2.45, 2.75) is 12.1 Å². The zero-order valence-corrected chi connectivity index (χ0v) is 13.5. The van der Waals surface area contributed by atoms with Gasteiger partial charge in [-0.25, -0.2) is 0 Å². The van der Waals surface area contributed by atoms with E-state index < -0.39 is 40.2 Å². The van der Waals surface area contributed by atoms with Gasteiger partial charge in [0.05, 0.1) is 22.5 Å². The van der Waals surface area contributed by atoms with Crippen LogP contribution in [0.3, 0.4) is 0 Å². The fraction of sp³-hybridized carbons (Fsp3) is 0.286. The molecular formula is C14H15N5O7. The summed E-state index contributed by atoms with van der Waals surface area (Å²) < 4.78 is 1.00. The number of aliphatic hydroxyl groups is 2. The maximum absolute atomic E-state index is 12.3. The molecule has 0 saturated heterocycles. The zero-order valence-electron chi connectivity index (χ0n) is 13.5. The van der Waals surface area contributed by atoms with Crippen molar-refractivity contribution in [2.24, 2.45) is 7.05 Å². The van der Waals surface area contributed by atoms with Gasteiger partial charge >= 0.3 is 5.69 Å². The highest BCUT2D eigenvalue weighted by Crippen LogP contribution is 2.22. The van der Waals surface area contributed by atoms with E-state index in [9.17, 15) is 35.2 Å². The predicted octanol–water partition coefficient (Wildman–Crippen LogP) is 0.0608. The molecule has 138 valence electrons. The number of benzene rings is 1. The number of nitro groups is 2. The van der Waals surface area contributed by atoms with Gasteiger partial charge in [-0.15, -0.1) is 0 Å². The molecule has 0 aliphatic heterocycles. The van der Waals surface area contributed by atoms with Crippen LogP contribution < -0.4 is 5.32 Å². The van der Waals surface area contributed by atoms with Crippen LogP contribution in [0.4, 0.5) is 11.4 Å². The van der Waals surface area contributed by atoms with Crippen LogP contribution in [0.1, 0.15) is 22.2 Å². The Labute approximate surface area is 146 Å². The number of carbonyl (C=O) groups is 1. The molecule has 0 spiro atoms. The topological polar surface area (TPSA) is 174 Å². The Kier molecular flexibility index (Phi) is 5.59. The summed E-state index contributed by atoms with van der Waals surface area (Å²) in [7, 11) is 1.34. The molecule has 2 atom stereocenters.